The number of hydrogen-bond donors (Lipinski definition) is 4. The molecular weight excluding hydrogens is 247 g/mol. The summed E-state index contributed by atoms with van der Waals surface area (Å²) >= 11 is 0. The SMILES string of the molecule is CN(C)C[C@@H]1CCC(CCB(O)O)C[C@]1(N)C(=O)O. The van der Waals surface area contributed by atoms with Crippen LogP contribution in [0.15, 0.2) is 0 Å². The molecule has 0 radical (unpaired) electrons. The normalized spacial score (nSPS) is 31.5. The summed E-state index contributed by atoms with van der Waals surface area (Å²) in [6.45, 7) is 0.665. The van der Waals surface area contributed by atoms with Gasteiger partial charge >= 0.3 is 13.1 Å². The smallest absolute Gasteiger partial charge is 0.451 e. The van der Waals surface area contributed by atoms with E-state index >= 15 is 0 Å². The van der Waals surface area contributed by atoms with Gasteiger partial charge in [0, 0.05) is 12.5 Å². The quantitative estimate of drug-likeness (QED) is 0.490. The zero-order valence-electron chi connectivity index (χ0n) is 11.7. The van der Waals surface area contributed by atoms with E-state index in [9.17, 15) is 9.90 Å². The zero-order valence-corrected chi connectivity index (χ0v) is 11.7. The predicted molar refractivity (Wildman–Crippen MR) is 73.6 cm³/mol. The Bertz CT molecular complexity index is 314. The van der Waals surface area contributed by atoms with Crippen molar-refractivity contribution < 1.29 is 19.9 Å². The third-order valence-corrected chi connectivity index (χ3v) is 4.10. The van der Waals surface area contributed by atoms with Gasteiger partial charge in [-0.3, -0.25) is 4.79 Å². The lowest BCUT2D eigenvalue weighted by Crippen LogP contribution is -2.59. The minimum Gasteiger partial charge on any atom is -0.480 e. The Morgan fingerprint density at radius 1 is 1.42 bits per heavy atom. The molecule has 0 spiro atoms. The minimum atomic E-state index is -1.32. The highest BCUT2D eigenvalue weighted by Crippen LogP contribution is 2.38. The largest absolute Gasteiger partial charge is 0.480 e. The summed E-state index contributed by atoms with van der Waals surface area (Å²) in [4.78, 5) is 13.5. The number of aliphatic carboxylic acids is 1. The van der Waals surface area contributed by atoms with Gasteiger partial charge in [0.15, 0.2) is 0 Å². The Morgan fingerprint density at radius 3 is 2.53 bits per heavy atom. The minimum absolute atomic E-state index is 0.0599. The van der Waals surface area contributed by atoms with E-state index < -0.39 is 18.6 Å². The van der Waals surface area contributed by atoms with Gasteiger partial charge in [-0.2, -0.15) is 0 Å². The topological polar surface area (TPSA) is 107 Å². The maximum atomic E-state index is 11.5. The molecule has 6 nitrogen and oxygen atoms in total. The van der Waals surface area contributed by atoms with Gasteiger partial charge in [-0.15, -0.1) is 0 Å². The van der Waals surface area contributed by atoms with Gasteiger partial charge in [-0.05, 0) is 45.6 Å². The second-order valence-electron chi connectivity index (χ2n) is 6.01. The highest BCUT2D eigenvalue weighted by atomic mass is 16.4. The summed E-state index contributed by atoms with van der Waals surface area (Å²) in [5.41, 5.74) is 4.94. The molecule has 0 heterocycles. The highest BCUT2D eigenvalue weighted by molar-refractivity contribution is 6.40. The number of carboxylic acids is 1. The van der Waals surface area contributed by atoms with Crippen LogP contribution in [0.4, 0.5) is 0 Å². The van der Waals surface area contributed by atoms with Crippen LogP contribution in [0.3, 0.4) is 0 Å². The van der Waals surface area contributed by atoms with Gasteiger partial charge in [-0.25, -0.2) is 0 Å². The molecule has 1 unspecified atom stereocenters. The first-order valence-electron chi connectivity index (χ1n) is 6.79. The van der Waals surface area contributed by atoms with Crippen molar-refractivity contribution in [2.45, 2.75) is 37.5 Å². The van der Waals surface area contributed by atoms with E-state index in [1.165, 1.54) is 0 Å². The monoisotopic (exact) mass is 272 g/mol. The van der Waals surface area contributed by atoms with Crippen molar-refractivity contribution in [3.05, 3.63) is 0 Å². The molecule has 1 saturated carbocycles. The van der Waals surface area contributed by atoms with E-state index in [1.807, 2.05) is 19.0 Å². The molecule has 1 aliphatic carbocycles. The van der Waals surface area contributed by atoms with Crippen molar-refractivity contribution in [1.82, 2.24) is 4.90 Å². The maximum Gasteiger partial charge on any atom is 0.451 e. The van der Waals surface area contributed by atoms with E-state index in [2.05, 4.69) is 0 Å². The third-order valence-electron chi connectivity index (χ3n) is 4.10. The highest BCUT2D eigenvalue weighted by Gasteiger charge is 2.46. The Kier molecular flexibility index (Phi) is 5.79. The summed E-state index contributed by atoms with van der Waals surface area (Å²) in [6, 6.07) is 0. The molecule has 1 aliphatic rings. The van der Waals surface area contributed by atoms with Gasteiger partial charge in [0.25, 0.3) is 0 Å². The predicted octanol–water partition coefficient (Wildman–Crippen LogP) is -0.391. The molecule has 19 heavy (non-hydrogen) atoms. The van der Waals surface area contributed by atoms with Crippen molar-refractivity contribution in [1.29, 1.82) is 0 Å². The number of hydrogen-bond acceptors (Lipinski definition) is 5. The Labute approximate surface area is 114 Å². The van der Waals surface area contributed by atoms with Crippen molar-refractivity contribution in [3.8, 4) is 0 Å². The molecule has 0 aromatic rings. The molecule has 1 rings (SSSR count). The molecular formula is C12H25BN2O4. The van der Waals surface area contributed by atoms with Crippen molar-refractivity contribution in [3.63, 3.8) is 0 Å². The number of carboxylic acid groups (broad SMARTS) is 1. The van der Waals surface area contributed by atoms with Crippen LogP contribution in [0.5, 0.6) is 0 Å². The number of nitrogens with two attached hydrogens (primary N) is 1. The maximum absolute atomic E-state index is 11.5. The molecule has 0 aliphatic heterocycles. The van der Waals surface area contributed by atoms with Crippen molar-refractivity contribution in [2.24, 2.45) is 17.6 Å². The van der Waals surface area contributed by atoms with Crippen LogP contribution in [0, 0.1) is 11.8 Å². The molecule has 7 heteroatoms. The lowest BCUT2D eigenvalue weighted by Gasteiger charge is -2.42. The molecule has 0 aromatic carbocycles. The molecule has 1 fully saturated rings. The van der Waals surface area contributed by atoms with E-state index in [0.717, 1.165) is 12.8 Å². The van der Waals surface area contributed by atoms with Crippen LogP contribution < -0.4 is 5.73 Å². The zero-order chi connectivity index (χ0) is 14.6. The summed E-state index contributed by atoms with van der Waals surface area (Å²) in [5.74, 6) is -0.856. The number of carbonyl (C=O) groups is 1. The Morgan fingerprint density at radius 2 is 2.05 bits per heavy atom. The van der Waals surface area contributed by atoms with E-state index in [-0.39, 0.29) is 18.2 Å². The molecule has 0 bridgehead atoms. The second kappa shape index (κ2) is 6.70. The fraction of sp³-hybridized carbons (Fsp3) is 0.917. The van der Waals surface area contributed by atoms with Crippen molar-refractivity contribution >= 4 is 13.1 Å². The van der Waals surface area contributed by atoms with E-state index in [1.54, 1.807) is 0 Å². The summed E-state index contributed by atoms with van der Waals surface area (Å²) in [5, 5.41) is 27.2. The summed E-state index contributed by atoms with van der Waals surface area (Å²) in [6.07, 6.45) is 2.97. The average Bonchev–Trinajstić information content (AvgIpc) is 2.29. The van der Waals surface area contributed by atoms with Crippen LogP contribution in [-0.2, 0) is 4.79 Å². The molecule has 110 valence electrons. The molecule has 0 aromatic heterocycles. The lowest BCUT2D eigenvalue weighted by atomic mass is 9.66. The van der Waals surface area contributed by atoms with Crippen molar-refractivity contribution in [2.75, 3.05) is 20.6 Å². The molecule has 0 saturated heterocycles. The van der Waals surface area contributed by atoms with Gasteiger partial charge in [0.05, 0.1) is 0 Å². The van der Waals surface area contributed by atoms with Gasteiger partial charge in [-0.1, -0.05) is 6.42 Å². The second-order valence-corrected chi connectivity index (χ2v) is 6.01. The lowest BCUT2D eigenvalue weighted by molar-refractivity contribution is -0.148. The first-order valence-corrected chi connectivity index (χ1v) is 6.79. The van der Waals surface area contributed by atoms with Gasteiger partial charge in [0.1, 0.15) is 5.54 Å². The standard InChI is InChI=1S/C12H25BN2O4/c1-15(2)8-10-4-3-9(5-6-13(18)19)7-12(10,14)11(16)17/h9-10,18-19H,3-8,14H2,1-2H3,(H,16,17)/t9?,10-,12+/m0/s1. The van der Waals surface area contributed by atoms with Gasteiger partial charge in [0.2, 0.25) is 0 Å². The number of rotatable bonds is 6. The fourth-order valence-electron chi connectivity index (χ4n) is 3.03. The third kappa shape index (κ3) is 4.45. The average molecular weight is 272 g/mol. The molecule has 0 amide bonds. The van der Waals surface area contributed by atoms with Gasteiger partial charge < -0.3 is 25.8 Å². The first kappa shape index (κ1) is 16.4. The van der Waals surface area contributed by atoms with Crippen LogP contribution >= 0.6 is 0 Å². The Balaban J connectivity index is 2.69. The fourth-order valence-corrected chi connectivity index (χ4v) is 3.03. The molecule has 3 atom stereocenters. The first-order chi connectivity index (χ1) is 8.75. The Hall–Kier alpha value is -0.625. The summed E-state index contributed by atoms with van der Waals surface area (Å²) < 4.78 is 0. The molecule has 5 N–H and O–H groups in total. The van der Waals surface area contributed by atoms with E-state index in [4.69, 9.17) is 15.8 Å². The van der Waals surface area contributed by atoms with E-state index in [0.29, 0.717) is 19.4 Å². The summed E-state index contributed by atoms with van der Waals surface area (Å²) in [7, 11) is 2.50. The van der Waals surface area contributed by atoms with Crippen LogP contribution in [0.2, 0.25) is 6.32 Å². The van der Waals surface area contributed by atoms with Crippen LogP contribution in [0.1, 0.15) is 25.7 Å². The van der Waals surface area contributed by atoms with Crippen LogP contribution in [0.25, 0.3) is 0 Å². The number of nitrogens with zero attached hydrogens (tertiary/aromatic N) is 1. The van der Waals surface area contributed by atoms with Crippen LogP contribution in [-0.4, -0.2) is 59.3 Å².